The molecule has 0 aromatic carbocycles. The molecule has 0 amide bonds. The van der Waals surface area contributed by atoms with Crippen molar-refractivity contribution in [3.8, 4) is 0 Å². The first kappa shape index (κ1) is 12.9. The van der Waals surface area contributed by atoms with Gasteiger partial charge < -0.3 is 4.74 Å². The number of esters is 1. The fourth-order valence-corrected chi connectivity index (χ4v) is 2.40. The molecule has 3 nitrogen and oxygen atoms in total. The normalized spacial score (nSPS) is 24.4. The topological polar surface area (TPSA) is 43.4 Å². The molecular weight excluding hydrogens is 204 g/mol. The largest absolute Gasteiger partial charge is 0.469 e. The third-order valence-corrected chi connectivity index (χ3v) is 3.32. The van der Waals surface area contributed by atoms with Gasteiger partial charge in [-0.05, 0) is 31.6 Å². The smallest absolute Gasteiger partial charge is 0.305 e. The Morgan fingerprint density at radius 3 is 3.00 bits per heavy atom. The summed E-state index contributed by atoms with van der Waals surface area (Å²) in [5.41, 5.74) is 0. The lowest BCUT2D eigenvalue weighted by atomic mass is 9.88. The Balaban J connectivity index is 2.45. The van der Waals surface area contributed by atoms with E-state index < -0.39 is 0 Å². The zero-order valence-corrected chi connectivity index (χ0v) is 9.91. The van der Waals surface area contributed by atoms with Gasteiger partial charge in [-0.2, -0.15) is 0 Å². The molecule has 3 heteroatoms. The van der Waals surface area contributed by atoms with Gasteiger partial charge in [-0.15, -0.1) is 6.58 Å². The number of unbranched alkanes of at least 4 members (excludes halogenated alkanes) is 1. The predicted molar refractivity (Wildman–Crippen MR) is 61.9 cm³/mol. The summed E-state index contributed by atoms with van der Waals surface area (Å²) in [6, 6.07) is 0. The highest BCUT2D eigenvalue weighted by Crippen LogP contribution is 2.35. The number of ketones is 1. The summed E-state index contributed by atoms with van der Waals surface area (Å²) < 4.78 is 4.65. The van der Waals surface area contributed by atoms with Crippen molar-refractivity contribution in [2.24, 2.45) is 11.8 Å². The molecule has 2 unspecified atom stereocenters. The summed E-state index contributed by atoms with van der Waals surface area (Å²) >= 11 is 0. The molecule has 0 radical (unpaired) electrons. The molecule has 0 aromatic heterocycles. The van der Waals surface area contributed by atoms with Crippen molar-refractivity contribution in [1.29, 1.82) is 0 Å². The van der Waals surface area contributed by atoms with Gasteiger partial charge in [0.15, 0.2) is 0 Å². The molecule has 0 N–H and O–H groups in total. The zero-order valence-electron chi connectivity index (χ0n) is 9.91. The third kappa shape index (κ3) is 3.47. The molecule has 0 saturated heterocycles. The van der Waals surface area contributed by atoms with Gasteiger partial charge in [0.25, 0.3) is 0 Å². The SMILES string of the molecule is C=CCCCC1C(=O)CCC1CC(=O)OC. The summed E-state index contributed by atoms with van der Waals surface area (Å²) in [5, 5.41) is 0. The highest BCUT2D eigenvalue weighted by atomic mass is 16.5. The minimum Gasteiger partial charge on any atom is -0.469 e. The van der Waals surface area contributed by atoms with Crippen LogP contribution in [0, 0.1) is 11.8 Å². The number of carbonyl (C=O) groups excluding carboxylic acids is 2. The van der Waals surface area contributed by atoms with Gasteiger partial charge in [0.1, 0.15) is 5.78 Å². The van der Waals surface area contributed by atoms with Crippen molar-refractivity contribution >= 4 is 11.8 Å². The fourth-order valence-electron chi connectivity index (χ4n) is 2.40. The van der Waals surface area contributed by atoms with Crippen molar-refractivity contribution in [2.75, 3.05) is 7.11 Å². The van der Waals surface area contributed by atoms with Crippen LogP contribution in [0.25, 0.3) is 0 Å². The fraction of sp³-hybridized carbons (Fsp3) is 0.692. The van der Waals surface area contributed by atoms with E-state index in [0.29, 0.717) is 18.6 Å². The van der Waals surface area contributed by atoms with Crippen LogP contribution in [0.5, 0.6) is 0 Å². The van der Waals surface area contributed by atoms with Crippen LogP contribution in [0.4, 0.5) is 0 Å². The van der Waals surface area contributed by atoms with E-state index in [1.54, 1.807) is 0 Å². The number of rotatable bonds is 6. The van der Waals surface area contributed by atoms with Crippen LogP contribution in [0.1, 0.15) is 38.5 Å². The highest BCUT2D eigenvalue weighted by Gasteiger charge is 2.35. The zero-order chi connectivity index (χ0) is 12.0. The minimum atomic E-state index is -0.201. The lowest BCUT2D eigenvalue weighted by Gasteiger charge is -2.16. The van der Waals surface area contributed by atoms with E-state index >= 15 is 0 Å². The summed E-state index contributed by atoms with van der Waals surface area (Å²) in [6.45, 7) is 3.67. The van der Waals surface area contributed by atoms with Gasteiger partial charge in [0.2, 0.25) is 0 Å². The van der Waals surface area contributed by atoms with Crippen molar-refractivity contribution in [3.63, 3.8) is 0 Å². The van der Waals surface area contributed by atoms with E-state index in [-0.39, 0.29) is 17.8 Å². The average molecular weight is 224 g/mol. The molecule has 1 aliphatic carbocycles. The Morgan fingerprint density at radius 2 is 2.38 bits per heavy atom. The van der Waals surface area contributed by atoms with Crippen LogP contribution in [0.2, 0.25) is 0 Å². The van der Waals surface area contributed by atoms with Crippen LogP contribution in [-0.4, -0.2) is 18.9 Å². The molecule has 0 bridgehead atoms. The maximum atomic E-state index is 11.7. The molecule has 0 aromatic rings. The summed E-state index contributed by atoms with van der Waals surface area (Å²) in [5.74, 6) is 0.384. The van der Waals surface area contributed by atoms with Crippen LogP contribution < -0.4 is 0 Å². The summed E-state index contributed by atoms with van der Waals surface area (Å²) in [7, 11) is 1.39. The third-order valence-electron chi connectivity index (χ3n) is 3.32. The van der Waals surface area contributed by atoms with E-state index in [2.05, 4.69) is 11.3 Å². The predicted octanol–water partition coefficient (Wildman–Crippen LogP) is 2.50. The monoisotopic (exact) mass is 224 g/mol. The van der Waals surface area contributed by atoms with Crippen LogP contribution in [-0.2, 0) is 14.3 Å². The lowest BCUT2D eigenvalue weighted by molar-refractivity contribution is -0.142. The first-order chi connectivity index (χ1) is 7.69. The second-order valence-electron chi connectivity index (χ2n) is 4.37. The molecule has 1 rings (SSSR count). The van der Waals surface area contributed by atoms with Crippen LogP contribution in [0.3, 0.4) is 0 Å². The molecule has 1 aliphatic rings. The molecule has 1 saturated carbocycles. The van der Waals surface area contributed by atoms with E-state index in [4.69, 9.17) is 0 Å². The van der Waals surface area contributed by atoms with Gasteiger partial charge >= 0.3 is 5.97 Å². The quantitative estimate of drug-likeness (QED) is 0.395. The van der Waals surface area contributed by atoms with Crippen molar-refractivity contribution < 1.29 is 14.3 Å². The molecular formula is C13H20O3. The van der Waals surface area contributed by atoms with Crippen molar-refractivity contribution in [3.05, 3.63) is 12.7 Å². The van der Waals surface area contributed by atoms with E-state index in [9.17, 15) is 9.59 Å². The summed E-state index contributed by atoms with van der Waals surface area (Å²) in [4.78, 5) is 22.9. The molecule has 0 heterocycles. The van der Waals surface area contributed by atoms with Crippen molar-refractivity contribution in [1.82, 2.24) is 0 Å². The van der Waals surface area contributed by atoms with E-state index in [1.165, 1.54) is 7.11 Å². The Hall–Kier alpha value is -1.12. The summed E-state index contributed by atoms with van der Waals surface area (Å²) in [6.07, 6.45) is 6.53. The Morgan fingerprint density at radius 1 is 1.62 bits per heavy atom. The average Bonchev–Trinajstić information content (AvgIpc) is 2.61. The number of allylic oxidation sites excluding steroid dienone is 1. The molecule has 0 aliphatic heterocycles. The Labute approximate surface area is 96.9 Å². The van der Waals surface area contributed by atoms with E-state index in [0.717, 1.165) is 25.7 Å². The standard InChI is InChI=1S/C13H20O3/c1-3-4-5-6-11-10(7-8-12(11)14)9-13(15)16-2/h3,10-11H,1,4-9H2,2H3. The molecule has 2 atom stereocenters. The number of hydrogen-bond donors (Lipinski definition) is 0. The van der Waals surface area contributed by atoms with Gasteiger partial charge in [-0.3, -0.25) is 9.59 Å². The second-order valence-corrected chi connectivity index (χ2v) is 4.37. The number of methoxy groups -OCH3 is 1. The minimum absolute atomic E-state index is 0.0686. The number of Topliss-reactive ketones (excluding diaryl/α,β-unsaturated/α-hetero) is 1. The first-order valence-electron chi connectivity index (χ1n) is 5.89. The highest BCUT2D eigenvalue weighted by molar-refractivity contribution is 5.84. The van der Waals surface area contributed by atoms with Crippen molar-refractivity contribution in [2.45, 2.75) is 38.5 Å². The number of hydrogen-bond acceptors (Lipinski definition) is 3. The first-order valence-corrected chi connectivity index (χ1v) is 5.89. The number of ether oxygens (including phenoxy) is 1. The Bertz CT molecular complexity index is 270. The van der Waals surface area contributed by atoms with Crippen LogP contribution in [0.15, 0.2) is 12.7 Å². The molecule has 90 valence electrons. The van der Waals surface area contributed by atoms with Gasteiger partial charge in [-0.1, -0.05) is 6.08 Å². The maximum absolute atomic E-state index is 11.7. The second kappa shape index (κ2) is 6.46. The molecule has 0 spiro atoms. The van der Waals surface area contributed by atoms with Crippen LogP contribution >= 0.6 is 0 Å². The van der Waals surface area contributed by atoms with E-state index in [1.807, 2.05) is 6.08 Å². The Kier molecular flexibility index (Phi) is 5.23. The maximum Gasteiger partial charge on any atom is 0.305 e. The molecule has 1 fully saturated rings. The molecule has 16 heavy (non-hydrogen) atoms. The lowest BCUT2D eigenvalue weighted by Crippen LogP contribution is -2.18. The van der Waals surface area contributed by atoms with Gasteiger partial charge in [0.05, 0.1) is 7.11 Å². The van der Waals surface area contributed by atoms with Gasteiger partial charge in [0, 0.05) is 18.8 Å². The van der Waals surface area contributed by atoms with Gasteiger partial charge in [-0.25, -0.2) is 0 Å². The number of carbonyl (C=O) groups is 2.